The molecule has 0 aliphatic carbocycles. The van der Waals surface area contributed by atoms with Crippen LogP contribution in [0.1, 0.15) is 11.1 Å². The van der Waals surface area contributed by atoms with Gasteiger partial charge in [0.1, 0.15) is 5.65 Å². The first-order chi connectivity index (χ1) is 12.2. The van der Waals surface area contributed by atoms with E-state index in [0.29, 0.717) is 0 Å². The van der Waals surface area contributed by atoms with Crippen LogP contribution in [0.25, 0.3) is 38.6 Å². The van der Waals surface area contributed by atoms with E-state index < -0.39 is 0 Å². The molecule has 0 unspecified atom stereocenters. The number of benzene rings is 3. The summed E-state index contributed by atoms with van der Waals surface area (Å²) in [5, 5.41) is 3.75. The van der Waals surface area contributed by atoms with Gasteiger partial charge < -0.3 is 0 Å². The van der Waals surface area contributed by atoms with Gasteiger partial charge in [-0.05, 0) is 30.9 Å². The average Bonchev–Trinajstić information content (AvgIpc) is 3.07. The predicted octanol–water partition coefficient (Wildman–Crippen LogP) is 5.92. The van der Waals surface area contributed by atoms with Crippen molar-refractivity contribution >= 4 is 27.3 Å². The third-order valence-corrected chi connectivity index (χ3v) is 4.92. The number of imidazole rings is 1. The molecule has 0 aliphatic heterocycles. The monoisotopic (exact) mass is 322 g/mol. The van der Waals surface area contributed by atoms with Crippen LogP contribution >= 0.6 is 0 Å². The van der Waals surface area contributed by atoms with Crippen molar-refractivity contribution in [1.29, 1.82) is 0 Å². The Morgan fingerprint density at radius 2 is 1.48 bits per heavy atom. The van der Waals surface area contributed by atoms with Gasteiger partial charge in [-0.2, -0.15) is 0 Å². The molecule has 25 heavy (non-hydrogen) atoms. The third kappa shape index (κ3) is 2.07. The van der Waals surface area contributed by atoms with Crippen molar-refractivity contribution in [3.63, 3.8) is 0 Å². The van der Waals surface area contributed by atoms with Gasteiger partial charge >= 0.3 is 0 Å². The zero-order chi connectivity index (χ0) is 17.0. The first-order valence-corrected chi connectivity index (χ1v) is 8.58. The second kappa shape index (κ2) is 5.18. The maximum atomic E-state index is 4.99. The SMILES string of the molecule is Cc1cc(C)c2c(c1)c1ccccc1c1nc(-c3ccccc3)cn12. The Bertz CT molecular complexity index is 1250. The van der Waals surface area contributed by atoms with Crippen LogP contribution in [0.3, 0.4) is 0 Å². The smallest absolute Gasteiger partial charge is 0.145 e. The van der Waals surface area contributed by atoms with Gasteiger partial charge in [0.15, 0.2) is 0 Å². The molecule has 2 aromatic heterocycles. The van der Waals surface area contributed by atoms with E-state index in [-0.39, 0.29) is 0 Å². The molecule has 0 radical (unpaired) electrons. The summed E-state index contributed by atoms with van der Waals surface area (Å²) in [7, 11) is 0. The molecule has 0 atom stereocenters. The van der Waals surface area contributed by atoms with Gasteiger partial charge in [-0.1, -0.05) is 66.2 Å². The normalized spacial score (nSPS) is 11.6. The van der Waals surface area contributed by atoms with Crippen molar-refractivity contribution in [3.8, 4) is 11.3 Å². The van der Waals surface area contributed by atoms with Crippen LogP contribution in [0.5, 0.6) is 0 Å². The lowest BCUT2D eigenvalue weighted by atomic mass is 10.0. The maximum absolute atomic E-state index is 4.99. The number of fused-ring (bicyclic) bond motifs is 6. The summed E-state index contributed by atoms with van der Waals surface area (Å²) in [5.41, 5.74) is 7.00. The highest BCUT2D eigenvalue weighted by Crippen LogP contribution is 2.33. The average molecular weight is 322 g/mol. The standard InChI is InChI=1S/C23H18N2/c1-15-12-16(2)22-20(13-15)18-10-6-7-11-19(18)23-24-21(14-25(22)23)17-8-4-3-5-9-17/h3-14H,1-2H3. The number of pyridine rings is 1. The van der Waals surface area contributed by atoms with Crippen molar-refractivity contribution in [2.75, 3.05) is 0 Å². The topological polar surface area (TPSA) is 17.3 Å². The minimum atomic E-state index is 1.01. The van der Waals surface area contributed by atoms with Crippen LogP contribution in [0.2, 0.25) is 0 Å². The van der Waals surface area contributed by atoms with Crippen molar-refractivity contribution < 1.29 is 0 Å². The number of aromatic nitrogens is 2. The van der Waals surface area contributed by atoms with Crippen LogP contribution in [0.4, 0.5) is 0 Å². The molecule has 0 bridgehead atoms. The van der Waals surface area contributed by atoms with Crippen LogP contribution in [-0.4, -0.2) is 9.38 Å². The van der Waals surface area contributed by atoms with E-state index in [1.54, 1.807) is 0 Å². The van der Waals surface area contributed by atoms with Crippen LogP contribution < -0.4 is 0 Å². The van der Waals surface area contributed by atoms with E-state index >= 15 is 0 Å². The summed E-state index contributed by atoms with van der Waals surface area (Å²) < 4.78 is 2.26. The summed E-state index contributed by atoms with van der Waals surface area (Å²) in [6.07, 6.45) is 2.17. The fraction of sp³-hybridized carbons (Fsp3) is 0.0870. The number of hydrogen-bond acceptors (Lipinski definition) is 1. The summed E-state index contributed by atoms with van der Waals surface area (Å²) in [4.78, 5) is 4.99. The van der Waals surface area contributed by atoms with E-state index in [0.717, 1.165) is 16.9 Å². The third-order valence-electron chi connectivity index (χ3n) is 4.92. The van der Waals surface area contributed by atoms with E-state index in [9.17, 15) is 0 Å². The lowest BCUT2D eigenvalue weighted by Crippen LogP contribution is -1.93. The molecule has 2 nitrogen and oxygen atoms in total. The molecule has 5 rings (SSSR count). The highest BCUT2D eigenvalue weighted by molar-refractivity contribution is 6.12. The molecule has 0 aliphatic rings. The van der Waals surface area contributed by atoms with Crippen molar-refractivity contribution in [2.24, 2.45) is 0 Å². The molecular formula is C23H18N2. The van der Waals surface area contributed by atoms with Crippen LogP contribution in [0, 0.1) is 13.8 Å². The number of aryl methyl sites for hydroxylation is 2. The van der Waals surface area contributed by atoms with E-state index in [2.05, 4.69) is 85.1 Å². The maximum Gasteiger partial charge on any atom is 0.145 e. The van der Waals surface area contributed by atoms with Gasteiger partial charge in [0.25, 0.3) is 0 Å². The van der Waals surface area contributed by atoms with E-state index in [4.69, 9.17) is 4.98 Å². The second-order valence-electron chi connectivity index (χ2n) is 6.71. The highest BCUT2D eigenvalue weighted by atomic mass is 15.0. The first-order valence-electron chi connectivity index (χ1n) is 8.58. The Hall–Kier alpha value is -3.13. The van der Waals surface area contributed by atoms with Crippen molar-refractivity contribution in [3.05, 3.63) is 84.1 Å². The molecule has 0 spiro atoms. The molecule has 2 heterocycles. The molecule has 3 aromatic carbocycles. The Morgan fingerprint density at radius 3 is 2.28 bits per heavy atom. The largest absolute Gasteiger partial charge is 0.298 e. The molecule has 0 N–H and O–H groups in total. The van der Waals surface area contributed by atoms with Gasteiger partial charge in [-0.15, -0.1) is 0 Å². The Kier molecular flexibility index (Phi) is 2.95. The van der Waals surface area contributed by atoms with Crippen LogP contribution in [0.15, 0.2) is 72.9 Å². The van der Waals surface area contributed by atoms with E-state index in [1.807, 2.05) is 6.07 Å². The molecular weight excluding hydrogens is 304 g/mol. The zero-order valence-corrected chi connectivity index (χ0v) is 14.3. The summed E-state index contributed by atoms with van der Waals surface area (Å²) in [6, 6.07) is 23.5. The molecule has 0 saturated heterocycles. The van der Waals surface area contributed by atoms with Gasteiger partial charge in [0.2, 0.25) is 0 Å². The lowest BCUT2D eigenvalue weighted by Gasteiger charge is -2.11. The molecule has 0 amide bonds. The molecule has 120 valence electrons. The second-order valence-corrected chi connectivity index (χ2v) is 6.71. The molecule has 0 saturated carbocycles. The van der Waals surface area contributed by atoms with Gasteiger partial charge in [0.05, 0.1) is 11.2 Å². The summed E-state index contributed by atoms with van der Waals surface area (Å²) >= 11 is 0. The Balaban J connectivity index is 2.02. The highest BCUT2D eigenvalue weighted by Gasteiger charge is 2.14. The molecule has 5 aromatic rings. The fourth-order valence-electron chi connectivity index (χ4n) is 3.89. The van der Waals surface area contributed by atoms with Crippen molar-refractivity contribution in [2.45, 2.75) is 13.8 Å². The van der Waals surface area contributed by atoms with E-state index in [1.165, 1.54) is 32.8 Å². The quantitative estimate of drug-likeness (QED) is 0.350. The molecule has 0 fully saturated rings. The molecule has 2 heteroatoms. The lowest BCUT2D eigenvalue weighted by molar-refractivity contribution is 1.24. The summed E-state index contributed by atoms with van der Waals surface area (Å²) in [6.45, 7) is 4.35. The van der Waals surface area contributed by atoms with Gasteiger partial charge in [-0.3, -0.25) is 4.40 Å². The van der Waals surface area contributed by atoms with Crippen LogP contribution in [-0.2, 0) is 0 Å². The minimum Gasteiger partial charge on any atom is -0.298 e. The van der Waals surface area contributed by atoms with Gasteiger partial charge in [-0.25, -0.2) is 4.98 Å². The number of hydrogen-bond donors (Lipinski definition) is 0. The zero-order valence-electron chi connectivity index (χ0n) is 14.3. The number of nitrogens with zero attached hydrogens (tertiary/aromatic N) is 2. The predicted molar refractivity (Wildman–Crippen MR) is 105 cm³/mol. The fourth-order valence-corrected chi connectivity index (χ4v) is 3.89. The van der Waals surface area contributed by atoms with Crippen molar-refractivity contribution in [1.82, 2.24) is 9.38 Å². The minimum absolute atomic E-state index is 1.01. The Labute approximate surface area is 146 Å². The van der Waals surface area contributed by atoms with Gasteiger partial charge in [0, 0.05) is 22.5 Å². The Morgan fingerprint density at radius 1 is 0.760 bits per heavy atom. The first kappa shape index (κ1) is 14.2. The summed E-state index contributed by atoms with van der Waals surface area (Å²) in [5.74, 6) is 0. The number of rotatable bonds is 1.